The third kappa shape index (κ3) is 4.04. The van der Waals surface area contributed by atoms with Crippen LogP contribution < -0.4 is 0 Å². The molecule has 0 radical (unpaired) electrons. The second-order valence-electron chi connectivity index (χ2n) is 1.61. The van der Waals surface area contributed by atoms with Crippen molar-refractivity contribution in [1.29, 1.82) is 0 Å². The Balaban J connectivity index is 3.50. The summed E-state index contributed by atoms with van der Waals surface area (Å²) in [6, 6.07) is 0. The van der Waals surface area contributed by atoms with E-state index in [0.29, 0.717) is 13.2 Å². The predicted octanol–water partition coefficient (Wildman–Crippen LogP) is 1.92. The maximum atomic E-state index is 12.3. The Morgan fingerprint density at radius 3 is 1.90 bits per heavy atom. The minimum absolute atomic E-state index is 0.401. The molecule has 1 atom stereocenters. The van der Waals surface area contributed by atoms with Gasteiger partial charge in [0.2, 0.25) is 11.9 Å². The van der Waals surface area contributed by atoms with Crippen molar-refractivity contribution in [2.75, 3.05) is 13.2 Å². The van der Waals surface area contributed by atoms with Crippen LogP contribution in [-0.4, -0.2) is 25.1 Å². The molecule has 62 valence electrons. The molecule has 0 heterocycles. The molecule has 0 saturated carbocycles. The molecule has 10 heavy (non-hydrogen) atoms. The van der Waals surface area contributed by atoms with Crippen LogP contribution in [0.15, 0.2) is 0 Å². The molecule has 0 N–H and O–H groups in total. The molecule has 0 aliphatic carbocycles. The smallest absolute Gasteiger partial charge is 0.223 e. The van der Waals surface area contributed by atoms with E-state index in [-0.39, 0.29) is 0 Å². The van der Waals surface area contributed by atoms with Gasteiger partial charge < -0.3 is 9.47 Å². The third-order valence-corrected chi connectivity index (χ3v) is 1.07. The standard InChI is InChI=1S/C6H12ClFO2/c1-3-9-6(5(7)8)10-4-2/h5-6H,3-4H2,1-2H3. The molecule has 0 aliphatic rings. The summed E-state index contributed by atoms with van der Waals surface area (Å²) in [7, 11) is 0. The van der Waals surface area contributed by atoms with Gasteiger partial charge in [-0.3, -0.25) is 0 Å². The van der Waals surface area contributed by atoms with Crippen molar-refractivity contribution < 1.29 is 13.9 Å². The fraction of sp³-hybridized carbons (Fsp3) is 1.00. The zero-order chi connectivity index (χ0) is 7.98. The van der Waals surface area contributed by atoms with E-state index in [4.69, 9.17) is 21.1 Å². The van der Waals surface area contributed by atoms with Crippen molar-refractivity contribution in [1.82, 2.24) is 0 Å². The monoisotopic (exact) mass is 170 g/mol. The molecular weight excluding hydrogens is 159 g/mol. The van der Waals surface area contributed by atoms with Crippen LogP contribution in [0.25, 0.3) is 0 Å². The SMILES string of the molecule is CCOC(OCC)C(F)Cl. The lowest BCUT2D eigenvalue weighted by Crippen LogP contribution is -2.24. The number of ether oxygens (including phenoxy) is 2. The summed E-state index contributed by atoms with van der Waals surface area (Å²) in [6.45, 7) is 4.31. The molecule has 4 heteroatoms. The van der Waals surface area contributed by atoms with Gasteiger partial charge >= 0.3 is 0 Å². The summed E-state index contributed by atoms with van der Waals surface area (Å²) in [5.41, 5.74) is -1.58. The van der Waals surface area contributed by atoms with E-state index < -0.39 is 11.9 Å². The number of hydrogen-bond donors (Lipinski definition) is 0. The molecule has 0 saturated heterocycles. The molecule has 0 fully saturated rings. The Morgan fingerprint density at radius 2 is 1.70 bits per heavy atom. The highest BCUT2D eigenvalue weighted by molar-refractivity contribution is 6.19. The van der Waals surface area contributed by atoms with Gasteiger partial charge in [0.1, 0.15) is 0 Å². The van der Waals surface area contributed by atoms with Crippen LogP contribution in [0.3, 0.4) is 0 Å². The molecule has 2 nitrogen and oxygen atoms in total. The molecule has 0 rings (SSSR count). The molecule has 0 aromatic carbocycles. The summed E-state index contributed by atoms with van der Waals surface area (Å²) >= 11 is 5.08. The minimum atomic E-state index is -1.58. The van der Waals surface area contributed by atoms with Crippen molar-refractivity contribution in [2.45, 2.75) is 25.8 Å². The molecule has 0 bridgehead atoms. The van der Waals surface area contributed by atoms with Crippen molar-refractivity contribution in [3.63, 3.8) is 0 Å². The zero-order valence-corrected chi connectivity index (χ0v) is 6.90. The maximum Gasteiger partial charge on any atom is 0.223 e. The highest BCUT2D eigenvalue weighted by Crippen LogP contribution is 2.09. The van der Waals surface area contributed by atoms with E-state index in [9.17, 15) is 4.39 Å². The maximum absolute atomic E-state index is 12.3. The van der Waals surface area contributed by atoms with Crippen LogP contribution >= 0.6 is 11.6 Å². The highest BCUT2D eigenvalue weighted by Gasteiger charge is 2.17. The Labute approximate surface area is 65.3 Å². The van der Waals surface area contributed by atoms with E-state index in [2.05, 4.69) is 0 Å². The van der Waals surface area contributed by atoms with Gasteiger partial charge in [0.15, 0.2) is 0 Å². The van der Waals surface area contributed by atoms with E-state index in [1.807, 2.05) is 0 Å². The molecular formula is C6H12ClFO2. The van der Waals surface area contributed by atoms with Crippen molar-refractivity contribution in [3.05, 3.63) is 0 Å². The fourth-order valence-corrected chi connectivity index (χ4v) is 0.668. The van der Waals surface area contributed by atoms with Gasteiger partial charge in [-0.1, -0.05) is 11.6 Å². The quantitative estimate of drug-likeness (QED) is 0.464. The Bertz CT molecular complexity index is 74.1. The van der Waals surface area contributed by atoms with E-state index in [1.165, 1.54) is 0 Å². The number of alkyl halides is 2. The van der Waals surface area contributed by atoms with Crippen LogP contribution in [-0.2, 0) is 9.47 Å². The number of halogens is 2. The van der Waals surface area contributed by atoms with Gasteiger partial charge in [-0.25, -0.2) is 4.39 Å². The first-order valence-corrected chi connectivity index (χ1v) is 3.67. The van der Waals surface area contributed by atoms with Crippen LogP contribution in [0.4, 0.5) is 4.39 Å². The first-order valence-electron chi connectivity index (χ1n) is 3.23. The third-order valence-electron chi connectivity index (χ3n) is 0.868. The summed E-state index contributed by atoms with van der Waals surface area (Å²) < 4.78 is 21.9. The lowest BCUT2D eigenvalue weighted by Gasteiger charge is -2.15. The van der Waals surface area contributed by atoms with Crippen LogP contribution in [0.2, 0.25) is 0 Å². The molecule has 0 aliphatic heterocycles. The molecule has 0 spiro atoms. The highest BCUT2D eigenvalue weighted by atomic mass is 35.5. The van der Waals surface area contributed by atoms with Crippen LogP contribution in [0.1, 0.15) is 13.8 Å². The Hall–Kier alpha value is 0.140. The Morgan fingerprint density at radius 1 is 1.30 bits per heavy atom. The summed E-state index contributed by atoms with van der Waals surface area (Å²) in [6.07, 6.45) is -0.920. The average molecular weight is 171 g/mol. The van der Waals surface area contributed by atoms with Gasteiger partial charge in [-0.2, -0.15) is 0 Å². The summed E-state index contributed by atoms with van der Waals surface area (Å²) in [4.78, 5) is 0. The topological polar surface area (TPSA) is 18.5 Å². The second-order valence-corrected chi connectivity index (χ2v) is 2.03. The molecule has 1 unspecified atom stereocenters. The van der Waals surface area contributed by atoms with Crippen molar-refractivity contribution in [2.24, 2.45) is 0 Å². The summed E-state index contributed by atoms with van der Waals surface area (Å²) in [5.74, 6) is 0. The number of hydrogen-bond acceptors (Lipinski definition) is 2. The van der Waals surface area contributed by atoms with E-state index >= 15 is 0 Å². The minimum Gasteiger partial charge on any atom is -0.349 e. The average Bonchev–Trinajstić information content (AvgIpc) is 1.87. The Kier molecular flexibility index (Phi) is 5.97. The zero-order valence-electron chi connectivity index (χ0n) is 6.14. The lowest BCUT2D eigenvalue weighted by molar-refractivity contribution is -0.154. The predicted molar refractivity (Wildman–Crippen MR) is 37.8 cm³/mol. The van der Waals surface area contributed by atoms with E-state index in [1.54, 1.807) is 13.8 Å². The van der Waals surface area contributed by atoms with Crippen molar-refractivity contribution in [3.8, 4) is 0 Å². The lowest BCUT2D eigenvalue weighted by atomic mass is 10.6. The van der Waals surface area contributed by atoms with Crippen LogP contribution in [0.5, 0.6) is 0 Å². The molecule has 0 aromatic rings. The number of rotatable bonds is 5. The van der Waals surface area contributed by atoms with Gasteiger partial charge in [0.25, 0.3) is 0 Å². The first kappa shape index (κ1) is 10.1. The molecule has 0 amide bonds. The van der Waals surface area contributed by atoms with Gasteiger partial charge in [-0.15, -0.1) is 0 Å². The fourth-order valence-electron chi connectivity index (χ4n) is 0.522. The first-order chi connectivity index (χ1) is 4.72. The second kappa shape index (κ2) is 5.89. The van der Waals surface area contributed by atoms with Gasteiger partial charge in [0.05, 0.1) is 0 Å². The van der Waals surface area contributed by atoms with Gasteiger partial charge in [-0.05, 0) is 13.8 Å². The van der Waals surface area contributed by atoms with Gasteiger partial charge in [0, 0.05) is 13.2 Å². The normalized spacial score (nSPS) is 14.1. The van der Waals surface area contributed by atoms with Crippen molar-refractivity contribution >= 4 is 11.6 Å². The largest absolute Gasteiger partial charge is 0.349 e. The molecule has 0 aromatic heterocycles. The van der Waals surface area contributed by atoms with E-state index in [0.717, 1.165) is 0 Å². The van der Waals surface area contributed by atoms with Crippen LogP contribution in [0, 0.1) is 0 Å². The summed E-state index contributed by atoms with van der Waals surface area (Å²) in [5, 5.41) is 0.